The van der Waals surface area contributed by atoms with Crippen molar-refractivity contribution in [1.29, 1.82) is 0 Å². The molecule has 1 rings (SSSR count). The van der Waals surface area contributed by atoms with E-state index in [0.29, 0.717) is 0 Å². The molecule has 0 bridgehead atoms. The van der Waals surface area contributed by atoms with Gasteiger partial charge in [-0.15, -0.1) is 0 Å². The quantitative estimate of drug-likeness (QED) is 0.356. The number of nitrogens with zero attached hydrogens (tertiary/aromatic N) is 2. The van der Waals surface area contributed by atoms with Crippen LogP contribution in [0.2, 0.25) is 0 Å². The Kier molecular flexibility index (Phi) is 4.37. The molecule has 1 heterocycles. The Balaban J connectivity index is 3.63. The van der Waals surface area contributed by atoms with Crippen molar-refractivity contribution in [3.05, 3.63) is 0 Å². The molecule has 0 aromatic rings. The predicted octanol–water partition coefficient (Wildman–Crippen LogP) is 3.33. The number of hydrogen-bond acceptors (Lipinski definition) is 3. The Hall–Kier alpha value is -2.02. The first kappa shape index (κ1) is 20.0. The first-order valence-electron chi connectivity index (χ1n) is 5.67. The van der Waals surface area contributed by atoms with Crippen molar-refractivity contribution in [2.45, 2.75) is 37.3 Å². The molecule has 0 spiro atoms. The zero-order valence-electron chi connectivity index (χ0n) is 11.5. The van der Waals surface area contributed by atoms with Crippen LogP contribution in [0.1, 0.15) is 6.92 Å². The van der Waals surface area contributed by atoms with Crippen LogP contribution in [0.5, 0.6) is 0 Å². The van der Waals surface area contributed by atoms with Gasteiger partial charge in [-0.05, 0) is 0 Å². The molecule has 147 valence electrons. The zero-order valence-corrected chi connectivity index (χ0v) is 14.1. The molecule has 0 amide bonds. The maximum absolute atomic E-state index is 13.6. The van der Waals surface area contributed by atoms with Crippen LogP contribution in [-0.2, 0) is 4.74 Å². The molecule has 0 saturated carbocycles. The van der Waals surface area contributed by atoms with Gasteiger partial charge in [0.1, 0.15) is 0 Å². The molecule has 3 nitrogen and oxygen atoms in total. The number of alkyl halides is 11. The van der Waals surface area contributed by atoms with Gasteiger partial charge < -0.3 is 0 Å². The minimum atomic E-state index is -5.99. The second-order valence-electron chi connectivity index (χ2n) is 4.22. The number of halogens is 11. The van der Waals surface area contributed by atoms with Gasteiger partial charge in [0.15, 0.2) is 0 Å². The van der Waals surface area contributed by atoms with Gasteiger partial charge in [0.2, 0.25) is 0 Å². The molecule has 1 saturated heterocycles. The van der Waals surface area contributed by atoms with E-state index < -0.39 is 60.8 Å². The monoisotopic (exact) mass is 618 g/mol. The van der Waals surface area contributed by atoms with E-state index in [0.717, 1.165) is 6.92 Å². The third-order valence-electron chi connectivity index (χ3n) is 2.63. The molecular formula is C9H8CfF11N2O. The van der Waals surface area contributed by atoms with Gasteiger partial charge in [-0.1, -0.05) is 0 Å². The van der Waals surface area contributed by atoms with Crippen LogP contribution >= 0.6 is 0 Å². The van der Waals surface area contributed by atoms with Crippen molar-refractivity contribution in [1.82, 2.24) is 10.2 Å². The third-order valence-corrected chi connectivity index (χ3v) is 6.36. The van der Waals surface area contributed by atoms with Gasteiger partial charge in [-0.25, -0.2) is 0 Å². The number of piperazine rings is 1. The Labute approximate surface area is 122 Å². The fourth-order valence-corrected chi connectivity index (χ4v) is 4.26. The molecule has 0 aromatic carbocycles. The van der Waals surface area contributed by atoms with Crippen molar-refractivity contribution < 1.29 is 53.0 Å². The Morgan fingerprint density at radius 3 is 1.54 bits per heavy atom. The second kappa shape index (κ2) is 5.24. The topological polar surface area (TPSA) is 15.7 Å². The summed E-state index contributed by atoms with van der Waals surface area (Å²) in [6.45, 7) is -2.18. The van der Waals surface area contributed by atoms with E-state index in [9.17, 15) is 48.3 Å². The average molecular weight is 620 g/mol. The van der Waals surface area contributed by atoms with Crippen LogP contribution in [0.15, 0.2) is 0 Å². The summed E-state index contributed by atoms with van der Waals surface area (Å²) in [6.07, 6.45) is -5.55. The third kappa shape index (κ3) is 2.56. The predicted molar refractivity (Wildman–Crippen MR) is 52.1 cm³/mol. The van der Waals surface area contributed by atoms with E-state index in [1.807, 2.05) is 0 Å². The van der Waals surface area contributed by atoms with Crippen LogP contribution in [0.4, 0.5) is 48.3 Å². The van der Waals surface area contributed by atoms with Crippen LogP contribution in [0.3, 0.4) is 0 Å². The van der Waals surface area contributed by atoms with Crippen LogP contribution in [0.25, 0.3) is 0 Å². The normalized spacial score (nSPS) is 27.0. The average Bonchev–Trinajstić information content (AvgIpc) is 2.38. The summed E-state index contributed by atoms with van der Waals surface area (Å²) in [6, 6.07) is -23.7. The van der Waals surface area contributed by atoms with E-state index in [4.69, 9.17) is 0 Å². The molecule has 1 fully saturated rings. The number of likely N-dealkylation sites (N-methyl/N-ethyl adjacent to an activating group) is 1. The minimum absolute atomic E-state index is 0.390. The van der Waals surface area contributed by atoms with E-state index in [2.05, 4.69) is 4.74 Å². The molecule has 0 radical (unpaired) electrons. The molecule has 1 aliphatic rings. The number of ether oxygens (including phenoxy) is 1. The van der Waals surface area contributed by atoms with Gasteiger partial charge in [0, 0.05) is 0 Å². The van der Waals surface area contributed by atoms with Crippen molar-refractivity contribution in [3.8, 4) is 0 Å². The maximum atomic E-state index is 13.6. The standard InChI is InChI=1S/C5H3F8N2.C4H5F3O.Cf/c1-15-4(10,11)2(6,7)14-3(8,9)5(15,12)13;1-2-8-3-4(5,6)7;/h1H3;2H2,1H3;/q-1;;+1. The number of hydrogen-bond donors (Lipinski definition) is 0. The van der Waals surface area contributed by atoms with Crippen LogP contribution in [-0.4, -0.2) is 60.8 Å². The zero-order chi connectivity index (χ0) is 19.4. The molecule has 15 heteroatoms. The molecule has 0 atom stereocenters. The fraction of sp³-hybridized carbons (Fsp3) is 0.889. The Morgan fingerprint density at radius 2 is 1.25 bits per heavy atom. The summed E-state index contributed by atoms with van der Waals surface area (Å²) in [4.78, 5) is -1.86. The van der Waals surface area contributed by atoms with Gasteiger partial charge in [-0.2, -0.15) is 0 Å². The molecule has 0 N–H and O–H groups in total. The van der Waals surface area contributed by atoms with Crippen LogP contribution < -0.4 is 0 Å². The van der Waals surface area contributed by atoms with Crippen molar-refractivity contribution >= 4 is 6.61 Å². The molecule has 24 heavy (non-hydrogen) atoms. The molecule has 0 aliphatic carbocycles. The summed E-state index contributed by atoms with van der Waals surface area (Å²) in [5.74, 6) is 0. The Bertz CT molecular complexity index is 490. The molecule has 0 unspecified atom stereocenters. The van der Waals surface area contributed by atoms with Gasteiger partial charge in [0.05, 0.1) is 0 Å². The first-order valence-corrected chi connectivity index (χ1v) is 8.16. The van der Waals surface area contributed by atoms with Crippen molar-refractivity contribution in [2.75, 3.05) is 13.7 Å². The van der Waals surface area contributed by atoms with E-state index in [1.54, 1.807) is 0 Å². The molecular weight excluding hydrogens is 612 g/mol. The fourth-order valence-electron chi connectivity index (χ4n) is 1.39. The summed E-state index contributed by atoms with van der Waals surface area (Å²) in [7, 11) is -0.390. The summed E-state index contributed by atoms with van der Waals surface area (Å²) < 4.78 is 146. The van der Waals surface area contributed by atoms with Crippen molar-refractivity contribution in [2.24, 2.45) is 0 Å². The molecule has 0 aromatic heterocycles. The molecule has 1 aliphatic heterocycles. The SMILES string of the molecule is CCO/[C](=[Cf]\[N]1C(F)(F)C(F)(F)N(C)C(F)(F)C1(F)F)C(F)(F)F. The van der Waals surface area contributed by atoms with Gasteiger partial charge in [-0.3, -0.25) is 0 Å². The summed E-state index contributed by atoms with van der Waals surface area (Å²) >= 11 is 0. The summed E-state index contributed by atoms with van der Waals surface area (Å²) in [5, 5.41) is -2.06. The van der Waals surface area contributed by atoms with Crippen molar-refractivity contribution in [3.63, 3.8) is 0 Å². The second-order valence-corrected chi connectivity index (χ2v) is 7.19. The van der Waals surface area contributed by atoms with E-state index in [1.165, 1.54) is 0 Å². The van der Waals surface area contributed by atoms with Crippen LogP contribution in [0, 0.1) is 0 Å². The Morgan fingerprint density at radius 1 is 0.875 bits per heavy atom. The van der Waals surface area contributed by atoms with E-state index in [-0.39, 0.29) is 0 Å². The number of rotatable bonds is 3. The van der Waals surface area contributed by atoms with E-state index >= 15 is 0 Å². The van der Waals surface area contributed by atoms with Gasteiger partial charge >= 0.3 is 121 Å². The van der Waals surface area contributed by atoms with Gasteiger partial charge in [0.25, 0.3) is 0 Å². The first-order chi connectivity index (χ1) is 10.5. The summed E-state index contributed by atoms with van der Waals surface area (Å²) in [5.41, 5.74) is 0.